The van der Waals surface area contributed by atoms with Crippen LogP contribution in [0.3, 0.4) is 0 Å². The van der Waals surface area contributed by atoms with E-state index in [0.29, 0.717) is 6.54 Å². The van der Waals surface area contributed by atoms with Gasteiger partial charge in [0.25, 0.3) is 5.91 Å². The molecule has 4 heteroatoms. The zero-order valence-corrected chi connectivity index (χ0v) is 11.7. The molecule has 0 atom stereocenters. The van der Waals surface area contributed by atoms with Crippen LogP contribution in [0.5, 0.6) is 0 Å². The molecule has 0 saturated heterocycles. The number of nitrogens with zero attached hydrogens (tertiary/aromatic N) is 2. The third-order valence-electron chi connectivity index (χ3n) is 3.98. The average molecular weight is 269 g/mol. The summed E-state index contributed by atoms with van der Waals surface area (Å²) >= 11 is 0. The van der Waals surface area contributed by atoms with Crippen molar-refractivity contribution in [1.29, 1.82) is 0 Å². The van der Waals surface area contributed by atoms with Crippen LogP contribution in [0.1, 0.15) is 28.5 Å². The van der Waals surface area contributed by atoms with Crippen molar-refractivity contribution in [2.45, 2.75) is 26.4 Å². The minimum Gasteiger partial charge on any atom is -0.398 e. The normalized spacial score (nSPS) is 14.2. The van der Waals surface area contributed by atoms with Gasteiger partial charge < -0.3 is 15.2 Å². The first-order chi connectivity index (χ1) is 9.70. The zero-order chi connectivity index (χ0) is 14.1. The molecule has 0 bridgehead atoms. The number of hydrogen-bond acceptors (Lipinski definition) is 2. The van der Waals surface area contributed by atoms with Crippen molar-refractivity contribution < 1.29 is 4.79 Å². The van der Waals surface area contributed by atoms with E-state index in [1.165, 1.54) is 11.1 Å². The Balaban J connectivity index is 1.85. The summed E-state index contributed by atoms with van der Waals surface area (Å²) < 4.78 is 1.98. The number of hydrogen-bond donors (Lipinski definition) is 1. The second kappa shape index (κ2) is 5.04. The number of anilines is 1. The molecule has 1 aliphatic rings. The second-order valence-corrected chi connectivity index (χ2v) is 5.14. The predicted octanol–water partition coefficient (Wildman–Crippen LogP) is 2.29. The number of rotatable bonds is 2. The molecule has 20 heavy (non-hydrogen) atoms. The highest BCUT2D eigenvalue weighted by molar-refractivity contribution is 5.93. The van der Waals surface area contributed by atoms with Crippen LogP contribution < -0.4 is 5.73 Å². The molecule has 0 aliphatic carbocycles. The van der Waals surface area contributed by atoms with Crippen molar-refractivity contribution >= 4 is 11.6 Å². The van der Waals surface area contributed by atoms with Gasteiger partial charge in [-0.3, -0.25) is 4.79 Å². The standard InChI is InChI=1S/C16H19N3O/c1-2-18-9-4-7-15(18)16(20)19-10-8-13-12(11-19)5-3-6-14(13)17/h3-7,9H,2,8,10-11,17H2,1H3. The van der Waals surface area contributed by atoms with Gasteiger partial charge in [-0.05, 0) is 42.7 Å². The summed E-state index contributed by atoms with van der Waals surface area (Å²) in [4.78, 5) is 14.5. The van der Waals surface area contributed by atoms with Gasteiger partial charge in [0.15, 0.2) is 0 Å². The molecule has 0 spiro atoms. The van der Waals surface area contributed by atoms with Crippen LogP contribution in [0, 0.1) is 0 Å². The van der Waals surface area contributed by atoms with E-state index in [0.717, 1.165) is 30.9 Å². The topological polar surface area (TPSA) is 51.3 Å². The van der Waals surface area contributed by atoms with Gasteiger partial charge in [0.1, 0.15) is 5.69 Å². The number of carbonyl (C=O) groups excluding carboxylic acids is 1. The molecule has 104 valence electrons. The van der Waals surface area contributed by atoms with Gasteiger partial charge in [-0.15, -0.1) is 0 Å². The van der Waals surface area contributed by atoms with Gasteiger partial charge >= 0.3 is 0 Å². The molecule has 1 aromatic heterocycles. The number of aryl methyl sites for hydroxylation is 1. The number of nitrogens with two attached hydrogens (primary N) is 1. The van der Waals surface area contributed by atoms with Gasteiger partial charge in [0.2, 0.25) is 0 Å². The molecule has 1 aliphatic heterocycles. The third kappa shape index (κ3) is 2.07. The Kier molecular flexibility index (Phi) is 3.22. The van der Waals surface area contributed by atoms with E-state index in [-0.39, 0.29) is 5.91 Å². The summed E-state index contributed by atoms with van der Waals surface area (Å²) in [6.07, 6.45) is 2.78. The molecule has 2 aromatic rings. The number of carbonyl (C=O) groups is 1. The third-order valence-corrected chi connectivity index (χ3v) is 3.98. The minimum absolute atomic E-state index is 0.102. The fourth-order valence-corrected chi connectivity index (χ4v) is 2.86. The Hall–Kier alpha value is -2.23. The maximum atomic E-state index is 12.6. The first-order valence-corrected chi connectivity index (χ1v) is 7.01. The molecule has 3 rings (SSSR count). The lowest BCUT2D eigenvalue weighted by molar-refractivity contribution is 0.0724. The quantitative estimate of drug-likeness (QED) is 0.850. The molecule has 4 nitrogen and oxygen atoms in total. The van der Waals surface area contributed by atoms with Crippen LogP contribution in [0.25, 0.3) is 0 Å². The van der Waals surface area contributed by atoms with E-state index in [1.807, 2.05) is 46.9 Å². The monoisotopic (exact) mass is 269 g/mol. The number of nitrogen functional groups attached to an aromatic ring is 1. The Morgan fingerprint density at radius 3 is 2.95 bits per heavy atom. The summed E-state index contributed by atoms with van der Waals surface area (Å²) in [6, 6.07) is 9.76. The number of amides is 1. The van der Waals surface area contributed by atoms with Crippen molar-refractivity contribution in [3.8, 4) is 0 Å². The Morgan fingerprint density at radius 1 is 1.30 bits per heavy atom. The van der Waals surface area contributed by atoms with Gasteiger partial charge in [-0.2, -0.15) is 0 Å². The maximum Gasteiger partial charge on any atom is 0.270 e. The van der Waals surface area contributed by atoms with E-state index < -0.39 is 0 Å². The Morgan fingerprint density at radius 2 is 2.15 bits per heavy atom. The molecular formula is C16H19N3O. The van der Waals surface area contributed by atoms with Crippen LogP contribution >= 0.6 is 0 Å². The molecule has 1 amide bonds. The minimum atomic E-state index is 0.102. The van der Waals surface area contributed by atoms with E-state index >= 15 is 0 Å². The smallest absolute Gasteiger partial charge is 0.270 e. The Bertz CT molecular complexity index is 645. The summed E-state index contributed by atoms with van der Waals surface area (Å²) in [5.41, 5.74) is 9.96. The fourth-order valence-electron chi connectivity index (χ4n) is 2.86. The predicted molar refractivity (Wildman–Crippen MR) is 79.4 cm³/mol. The number of fused-ring (bicyclic) bond motifs is 1. The molecule has 2 heterocycles. The highest BCUT2D eigenvalue weighted by Crippen LogP contribution is 2.25. The van der Waals surface area contributed by atoms with Crippen LogP contribution in [0.2, 0.25) is 0 Å². The lowest BCUT2D eigenvalue weighted by Gasteiger charge is -2.29. The fraction of sp³-hybridized carbons (Fsp3) is 0.312. The molecule has 2 N–H and O–H groups in total. The van der Waals surface area contributed by atoms with Gasteiger partial charge in [0.05, 0.1) is 0 Å². The highest BCUT2D eigenvalue weighted by Gasteiger charge is 2.24. The zero-order valence-electron chi connectivity index (χ0n) is 11.7. The van der Waals surface area contributed by atoms with E-state index in [1.54, 1.807) is 0 Å². The lowest BCUT2D eigenvalue weighted by atomic mass is 9.98. The van der Waals surface area contributed by atoms with Crippen molar-refractivity contribution in [2.75, 3.05) is 12.3 Å². The summed E-state index contributed by atoms with van der Waals surface area (Å²) in [5, 5.41) is 0. The van der Waals surface area contributed by atoms with Crippen LogP contribution in [0.15, 0.2) is 36.5 Å². The highest BCUT2D eigenvalue weighted by atomic mass is 16.2. The van der Waals surface area contributed by atoms with Crippen molar-refractivity contribution in [3.05, 3.63) is 53.3 Å². The van der Waals surface area contributed by atoms with Crippen molar-refractivity contribution in [3.63, 3.8) is 0 Å². The van der Waals surface area contributed by atoms with E-state index in [2.05, 4.69) is 6.07 Å². The van der Waals surface area contributed by atoms with Gasteiger partial charge in [-0.25, -0.2) is 0 Å². The Labute approximate surface area is 118 Å². The summed E-state index contributed by atoms with van der Waals surface area (Å²) in [6.45, 7) is 4.23. The van der Waals surface area contributed by atoms with Gasteiger partial charge in [-0.1, -0.05) is 12.1 Å². The summed E-state index contributed by atoms with van der Waals surface area (Å²) in [5.74, 6) is 0.102. The SMILES string of the molecule is CCn1cccc1C(=O)N1CCc2c(N)cccc2C1. The molecule has 0 unspecified atom stereocenters. The van der Waals surface area contributed by atoms with Crippen molar-refractivity contribution in [2.24, 2.45) is 0 Å². The van der Waals surface area contributed by atoms with Crippen molar-refractivity contribution in [1.82, 2.24) is 9.47 Å². The molecule has 0 radical (unpaired) electrons. The van der Waals surface area contributed by atoms with Gasteiger partial charge in [0, 0.05) is 31.5 Å². The van der Waals surface area contributed by atoms with E-state index in [4.69, 9.17) is 5.73 Å². The lowest BCUT2D eigenvalue weighted by Crippen LogP contribution is -2.37. The van der Waals surface area contributed by atoms with Crippen LogP contribution in [-0.2, 0) is 19.5 Å². The maximum absolute atomic E-state index is 12.6. The second-order valence-electron chi connectivity index (χ2n) is 5.14. The largest absolute Gasteiger partial charge is 0.398 e. The van der Waals surface area contributed by atoms with Crippen LogP contribution in [-0.4, -0.2) is 21.9 Å². The number of benzene rings is 1. The molecule has 0 fully saturated rings. The molecule has 1 aromatic carbocycles. The number of aromatic nitrogens is 1. The first-order valence-electron chi connectivity index (χ1n) is 7.01. The van der Waals surface area contributed by atoms with E-state index in [9.17, 15) is 4.79 Å². The van der Waals surface area contributed by atoms with Crippen LogP contribution in [0.4, 0.5) is 5.69 Å². The molecule has 0 saturated carbocycles. The first kappa shape index (κ1) is 12.8. The summed E-state index contributed by atoms with van der Waals surface area (Å²) in [7, 11) is 0. The average Bonchev–Trinajstić information content (AvgIpc) is 2.95. The molecular weight excluding hydrogens is 250 g/mol.